The summed E-state index contributed by atoms with van der Waals surface area (Å²) in [5.41, 5.74) is 4.29. The van der Waals surface area contributed by atoms with Crippen molar-refractivity contribution in [3.8, 4) is 0 Å². The van der Waals surface area contributed by atoms with E-state index < -0.39 is 0 Å². The van der Waals surface area contributed by atoms with Gasteiger partial charge >= 0.3 is 0 Å². The number of nitrogens with zero attached hydrogens (tertiary/aromatic N) is 1. The zero-order valence-corrected chi connectivity index (χ0v) is 16.0. The van der Waals surface area contributed by atoms with Gasteiger partial charge in [-0.15, -0.1) is 0 Å². The van der Waals surface area contributed by atoms with Gasteiger partial charge in [0, 0.05) is 22.5 Å². The summed E-state index contributed by atoms with van der Waals surface area (Å²) in [6.45, 7) is 6.03. The van der Waals surface area contributed by atoms with Crippen LogP contribution in [0.4, 0.5) is 0 Å². The minimum absolute atomic E-state index is 0.181. The predicted molar refractivity (Wildman–Crippen MR) is 109 cm³/mol. The van der Waals surface area contributed by atoms with Crippen molar-refractivity contribution in [2.45, 2.75) is 27.2 Å². The Kier molecular flexibility index (Phi) is 7.37. The van der Waals surface area contributed by atoms with Crippen molar-refractivity contribution < 1.29 is 4.79 Å². The Bertz CT molecular complexity index is 851. The van der Waals surface area contributed by atoms with Crippen molar-refractivity contribution in [2.24, 2.45) is 0 Å². The third kappa shape index (κ3) is 5.43. The summed E-state index contributed by atoms with van der Waals surface area (Å²) in [7, 11) is 0. The third-order valence-electron chi connectivity index (χ3n) is 4.03. The Morgan fingerprint density at radius 3 is 2.62 bits per heavy atom. The van der Waals surface area contributed by atoms with E-state index in [4.69, 9.17) is 11.6 Å². The quantitative estimate of drug-likeness (QED) is 0.655. The van der Waals surface area contributed by atoms with Gasteiger partial charge in [-0.1, -0.05) is 42.8 Å². The number of aromatic nitrogens is 1. The topological polar surface area (TPSA) is 42.0 Å². The molecule has 0 saturated heterocycles. The maximum atomic E-state index is 12.5. The Morgan fingerprint density at radius 1 is 1.19 bits per heavy atom. The molecule has 0 aliphatic rings. The number of halogens is 1. The van der Waals surface area contributed by atoms with Crippen molar-refractivity contribution in [2.75, 3.05) is 0 Å². The molecule has 1 aromatic heterocycles. The van der Waals surface area contributed by atoms with Gasteiger partial charge < -0.3 is 5.32 Å². The molecule has 2 aromatic rings. The largest absolute Gasteiger partial charge is 0.322 e. The van der Waals surface area contributed by atoms with Crippen LogP contribution in [0.15, 0.2) is 78.2 Å². The van der Waals surface area contributed by atoms with E-state index >= 15 is 0 Å². The molecule has 1 amide bonds. The Balaban J connectivity index is 2.24. The molecule has 1 heterocycles. The highest BCUT2D eigenvalue weighted by Gasteiger charge is 2.09. The van der Waals surface area contributed by atoms with Gasteiger partial charge in [0.2, 0.25) is 0 Å². The van der Waals surface area contributed by atoms with E-state index in [9.17, 15) is 4.79 Å². The molecule has 0 radical (unpaired) electrons. The highest BCUT2D eigenvalue weighted by Crippen LogP contribution is 2.16. The van der Waals surface area contributed by atoms with Crippen LogP contribution in [-0.4, -0.2) is 10.9 Å². The van der Waals surface area contributed by atoms with Gasteiger partial charge in [-0.25, -0.2) is 0 Å². The number of carbonyl (C=O) groups is 1. The van der Waals surface area contributed by atoms with Gasteiger partial charge in [-0.3, -0.25) is 9.78 Å². The highest BCUT2D eigenvalue weighted by atomic mass is 35.5. The number of nitrogens with one attached hydrogen (secondary N) is 1. The molecule has 134 valence electrons. The second kappa shape index (κ2) is 9.73. The molecule has 0 aliphatic heterocycles. The van der Waals surface area contributed by atoms with E-state index in [2.05, 4.69) is 17.2 Å². The van der Waals surface area contributed by atoms with Crippen molar-refractivity contribution in [3.05, 3.63) is 94.4 Å². The summed E-state index contributed by atoms with van der Waals surface area (Å²) in [5, 5.41) is 3.53. The van der Waals surface area contributed by atoms with Crippen LogP contribution in [0.3, 0.4) is 0 Å². The summed E-state index contributed by atoms with van der Waals surface area (Å²) < 4.78 is 0. The van der Waals surface area contributed by atoms with Gasteiger partial charge in [-0.2, -0.15) is 0 Å². The van der Waals surface area contributed by atoms with Crippen LogP contribution < -0.4 is 5.32 Å². The first-order chi connectivity index (χ1) is 12.5. The van der Waals surface area contributed by atoms with Crippen LogP contribution in [0.1, 0.15) is 43.2 Å². The molecule has 1 N–H and O–H groups in total. The number of hydrogen-bond acceptors (Lipinski definition) is 2. The van der Waals surface area contributed by atoms with E-state index in [1.165, 1.54) is 0 Å². The molecule has 0 bridgehead atoms. The van der Waals surface area contributed by atoms with E-state index in [0.717, 1.165) is 29.0 Å². The fourth-order valence-electron chi connectivity index (χ4n) is 2.34. The van der Waals surface area contributed by atoms with Crippen molar-refractivity contribution in [1.29, 1.82) is 0 Å². The fraction of sp³-hybridized carbons (Fsp3) is 0.182. The van der Waals surface area contributed by atoms with Crippen molar-refractivity contribution in [1.82, 2.24) is 10.3 Å². The molecular formula is C22H23ClN2O. The highest BCUT2D eigenvalue weighted by molar-refractivity contribution is 6.31. The molecule has 1 aromatic carbocycles. The summed E-state index contributed by atoms with van der Waals surface area (Å²) >= 11 is 5.98. The number of rotatable bonds is 6. The van der Waals surface area contributed by atoms with Crippen molar-refractivity contribution >= 4 is 23.1 Å². The van der Waals surface area contributed by atoms with Crippen LogP contribution in [0.25, 0.3) is 5.57 Å². The van der Waals surface area contributed by atoms with E-state index in [1.807, 2.05) is 50.3 Å². The van der Waals surface area contributed by atoms with E-state index in [1.54, 1.807) is 30.5 Å². The van der Waals surface area contributed by atoms with Crippen LogP contribution in [0.5, 0.6) is 0 Å². The second-order valence-corrected chi connectivity index (χ2v) is 6.24. The Morgan fingerprint density at radius 2 is 2.00 bits per heavy atom. The standard InChI is InChI=1S/C22H23ClN2O/c1-4-16(3)20(25-22(26)18-9-8-10-19(23)15-18)13-12-17(5-2)21-11-6-7-14-24-21/h5-15H,4H2,1-3H3,(H,25,26)/b13-12-,17-5+,20-16-. The second-order valence-electron chi connectivity index (χ2n) is 5.80. The number of hydrogen-bond donors (Lipinski definition) is 1. The molecule has 26 heavy (non-hydrogen) atoms. The predicted octanol–water partition coefficient (Wildman–Crippen LogP) is 5.81. The maximum absolute atomic E-state index is 12.5. The smallest absolute Gasteiger partial charge is 0.255 e. The van der Waals surface area contributed by atoms with Gasteiger partial charge in [0.25, 0.3) is 5.91 Å². The van der Waals surface area contributed by atoms with Crippen LogP contribution in [0, 0.1) is 0 Å². The number of pyridine rings is 1. The lowest BCUT2D eigenvalue weighted by Crippen LogP contribution is -2.22. The van der Waals surface area contributed by atoms with Gasteiger partial charge in [-0.05, 0) is 67.8 Å². The summed E-state index contributed by atoms with van der Waals surface area (Å²) in [5.74, 6) is -0.181. The Labute approximate surface area is 160 Å². The van der Waals surface area contributed by atoms with Crippen molar-refractivity contribution in [3.63, 3.8) is 0 Å². The number of carbonyl (C=O) groups excluding carboxylic acids is 1. The molecule has 0 aliphatic carbocycles. The molecule has 0 saturated carbocycles. The lowest BCUT2D eigenvalue weighted by atomic mass is 10.1. The van der Waals surface area contributed by atoms with Crippen LogP contribution in [-0.2, 0) is 0 Å². The first-order valence-electron chi connectivity index (χ1n) is 8.57. The Hall–Kier alpha value is -2.65. The molecular weight excluding hydrogens is 344 g/mol. The lowest BCUT2D eigenvalue weighted by Gasteiger charge is -2.11. The number of benzene rings is 1. The first-order valence-corrected chi connectivity index (χ1v) is 8.95. The SMILES string of the molecule is C\C=C(/C=C\C(NC(=O)c1cccc(Cl)c1)=C(/C)CC)c1ccccn1. The van der Waals surface area contributed by atoms with Crippen LogP contribution in [0.2, 0.25) is 5.02 Å². The summed E-state index contributed by atoms with van der Waals surface area (Å²) in [6, 6.07) is 12.7. The minimum atomic E-state index is -0.181. The zero-order valence-electron chi connectivity index (χ0n) is 15.3. The molecule has 0 unspecified atom stereocenters. The summed E-state index contributed by atoms with van der Waals surface area (Å²) in [4.78, 5) is 16.9. The molecule has 3 nitrogen and oxygen atoms in total. The first kappa shape index (κ1) is 19.7. The van der Waals surface area contributed by atoms with Gasteiger partial charge in [0.05, 0.1) is 5.69 Å². The fourth-order valence-corrected chi connectivity index (χ4v) is 2.53. The molecule has 0 fully saturated rings. The molecule has 0 spiro atoms. The minimum Gasteiger partial charge on any atom is -0.322 e. The molecule has 4 heteroatoms. The maximum Gasteiger partial charge on any atom is 0.255 e. The number of amides is 1. The zero-order chi connectivity index (χ0) is 18.9. The molecule has 2 rings (SSSR count). The molecule has 0 atom stereocenters. The third-order valence-corrected chi connectivity index (χ3v) is 4.26. The van der Waals surface area contributed by atoms with E-state index in [0.29, 0.717) is 10.6 Å². The normalized spacial score (nSPS) is 12.8. The van der Waals surface area contributed by atoms with Gasteiger partial charge in [0.1, 0.15) is 0 Å². The van der Waals surface area contributed by atoms with Crippen LogP contribution >= 0.6 is 11.6 Å². The average molecular weight is 367 g/mol. The van der Waals surface area contributed by atoms with E-state index in [-0.39, 0.29) is 5.91 Å². The summed E-state index contributed by atoms with van der Waals surface area (Å²) in [6.07, 6.45) is 8.49. The number of allylic oxidation sites excluding steroid dienone is 5. The lowest BCUT2D eigenvalue weighted by molar-refractivity contribution is 0.0966. The monoisotopic (exact) mass is 366 g/mol. The average Bonchev–Trinajstić information content (AvgIpc) is 2.67. The van der Waals surface area contributed by atoms with Gasteiger partial charge in [0.15, 0.2) is 0 Å².